The number of aryl methyl sites for hydroxylation is 1. The van der Waals surface area contributed by atoms with Crippen LogP contribution in [0.3, 0.4) is 0 Å². The summed E-state index contributed by atoms with van der Waals surface area (Å²) in [6.45, 7) is 2.00. The summed E-state index contributed by atoms with van der Waals surface area (Å²) in [6.07, 6.45) is -2.82. The molecule has 110 valence electrons. The lowest BCUT2D eigenvalue weighted by atomic mass is 10.1. The van der Waals surface area contributed by atoms with Crippen LogP contribution in [0, 0.1) is 0 Å². The van der Waals surface area contributed by atoms with Crippen LogP contribution < -0.4 is 5.32 Å². The molecule has 1 rings (SSSR count). The Balaban J connectivity index is 2.58. The smallest absolute Gasteiger partial charge is 0.326 e. The normalized spacial score (nSPS) is 12.2. The number of alkyl halides is 2. The van der Waals surface area contributed by atoms with E-state index in [0.717, 1.165) is 12.0 Å². The van der Waals surface area contributed by atoms with Gasteiger partial charge in [-0.2, -0.15) is 0 Å². The minimum atomic E-state index is -2.78. The molecule has 0 fully saturated rings. The first-order valence-electron chi connectivity index (χ1n) is 6.30. The molecule has 1 aromatic rings. The van der Waals surface area contributed by atoms with Gasteiger partial charge in [-0.05, 0) is 17.5 Å². The second-order valence-electron chi connectivity index (χ2n) is 4.43. The number of carbonyl (C=O) groups is 2. The van der Waals surface area contributed by atoms with E-state index in [0.29, 0.717) is 5.56 Å². The van der Waals surface area contributed by atoms with Crippen LogP contribution in [0.1, 0.15) is 24.5 Å². The predicted molar refractivity (Wildman–Crippen MR) is 69.7 cm³/mol. The molecule has 0 heterocycles. The zero-order chi connectivity index (χ0) is 15.1. The Morgan fingerprint density at radius 1 is 1.20 bits per heavy atom. The summed E-state index contributed by atoms with van der Waals surface area (Å²) in [6, 6.07) is 5.72. The molecule has 2 N–H and O–H groups in total. The van der Waals surface area contributed by atoms with Gasteiger partial charge in [0.05, 0.1) is 6.42 Å². The molecule has 1 aromatic carbocycles. The second-order valence-corrected chi connectivity index (χ2v) is 4.43. The highest BCUT2D eigenvalue weighted by Gasteiger charge is 2.23. The van der Waals surface area contributed by atoms with Gasteiger partial charge in [0.1, 0.15) is 6.04 Å². The van der Waals surface area contributed by atoms with Gasteiger partial charge in [0.25, 0.3) is 0 Å². The predicted octanol–water partition coefficient (Wildman–Crippen LogP) is 2.02. The largest absolute Gasteiger partial charge is 0.480 e. The molecule has 1 unspecified atom stereocenters. The molecule has 0 aliphatic rings. The number of carboxylic acid groups (broad SMARTS) is 1. The van der Waals surface area contributed by atoms with E-state index in [1.54, 1.807) is 12.1 Å². The minimum Gasteiger partial charge on any atom is -0.480 e. The molecule has 0 aromatic heterocycles. The van der Waals surface area contributed by atoms with Gasteiger partial charge >= 0.3 is 5.97 Å². The topological polar surface area (TPSA) is 66.4 Å². The third kappa shape index (κ3) is 5.34. The zero-order valence-corrected chi connectivity index (χ0v) is 11.1. The lowest BCUT2D eigenvalue weighted by Gasteiger charge is -2.14. The highest BCUT2D eigenvalue weighted by molar-refractivity contribution is 5.84. The maximum atomic E-state index is 12.2. The second kappa shape index (κ2) is 7.57. The van der Waals surface area contributed by atoms with Crippen molar-refractivity contribution in [2.24, 2.45) is 0 Å². The average Bonchev–Trinajstić information content (AvgIpc) is 2.38. The van der Waals surface area contributed by atoms with Gasteiger partial charge in [0.15, 0.2) is 0 Å². The van der Waals surface area contributed by atoms with Crippen molar-refractivity contribution in [3.63, 3.8) is 0 Å². The van der Waals surface area contributed by atoms with E-state index < -0.39 is 30.8 Å². The number of amides is 1. The van der Waals surface area contributed by atoms with Gasteiger partial charge in [-0.15, -0.1) is 0 Å². The van der Waals surface area contributed by atoms with E-state index in [1.165, 1.54) is 0 Å². The highest BCUT2D eigenvalue weighted by atomic mass is 19.3. The molecule has 0 radical (unpaired) electrons. The van der Waals surface area contributed by atoms with Crippen molar-refractivity contribution in [1.29, 1.82) is 0 Å². The number of carbonyl (C=O) groups excluding carboxylic acids is 1. The van der Waals surface area contributed by atoms with Crippen LogP contribution in [0.5, 0.6) is 0 Å². The number of halogens is 2. The van der Waals surface area contributed by atoms with E-state index in [9.17, 15) is 18.4 Å². The van der Waals surface area contributed by atoms with Gasteiger partial charge in [0.2, 0.25) is 12.3 Å². The Bertz CT molecular complexity index is 460. The molecular weight excluding hydrogens is 268 g/mol. The van der Waals surface area contributed by atoms with E-state index in [1.807, 2.05) is 19.1 Å². The van der Waals surface area contributed by atoms with Crippen molar-refractivity contribution >= 4 is 11.9 Å². The maximum absolute atomic E-state index is 12.2. The number of carboxylic acids is 1. The number of hydrogen-bond donors (Lipinski definition) is 2. The number of hydrogen-bond acceptors (Lipinski definition) is 2. The number of benzene rings is 1. The Kier molecular flexibility index (Phi) is 6.09. The summed E-state index contributed by atoms with van der Waals surface area (Å²) in [7, 11) is 0. The SMILES string of the molecule is CCc1ccc(CC(=O)NC(CC(F)F)C(=O)O)cc1. The molecule has 1 atom stereocenters. The van der Waals surface area contributed by atoms with Crippen LogP contribution in [0.25, 0.3) is 0 Å². The summed E-state index contributed by atoms with van der Waals surface area (Å²) >= 11 is 0. The third-order valence-electron chi connectivity index (χ3n) is 2.84. The molecule has 0 aliphatic heterocycles. The summed E-state index contributed by atoms with van der Waals surface area (Å²) in [5, 5.41) is 10.9. The molecule has 6 heteroatoms. The minimum absolute atomic E-state index is 0.0307. The van der Waals surface area contributed by atoms with Crippen molar-refractivity contribution in [3.05, 3.63) is 35.4 Å². The van der Waals surface area contributed by atoms with E-state index in [4.69, 9.17) is 5.11 Å². The molecule has 0 saturated carbocycles. The molecule has 0 spiro atoms. The number of aliphatic carboxylic acids is 1. The van der Waals surface area contributed by atoms with Crippen molar-refractivity contribution in [1.82, 2.24) is 5.32 Å². The van der Waals surface area contributed by atoms with E-state index in [-0.39, 0.29) is 6.42 Å². The molecule has 0 saturated heterocycles. The number of nitrogens with one attached hydrogen (secondary N) is 1. The summed E-state index contributed by atoms with van der Waals surface area (Å²) in [5.74, 6) is -2.04. The van der Waals surface area contributed by atoms with Crippen LogP contribution in [-0.4, -0.2) is 29.5 Å². The third-order valence-corrected chi connectivity index (χ3v) is 2.84. The molecule has 1 amide bonds. The maximum Gasteiger partial charge on any atom is 0.326 e. The Labute approximate surface area is 115 Å². The van der Waals surface area contributed by atoms with Crippen molar-refractivity contribution in [3.8, 4) is 0 Å². The fraction of sp³-hybridized carbons (Fsp3) is 0.429. The quantitative estimate of drug-likeness (QED) is 0.805. The molecular formula is C14H17F2NO3. The fourth-order valence-corrected chi connectivity index (χ4v) is 1.72. The van der Waals surface area contributed by atoms with Crippen LogP contribution in [-0.2, 0) is 22.4 Å². The molecule has 0 bridgehead atoms. The number of rotatable bonds is 7. The fourth-order valence-electron chi connectivity index (χ4n) is 1.72. The van der Waals surface area contributed by atoms with Crippen LogP contribution in [0.15, 0.2) is 24.3 Å². The Morgan fingerprint density at radius 3 is 2.20 bits per heavy atom. The summed E-state index contributed by atoms with van der Waals surface area (Å²) in [5.41, 5.74) is 1.83. The van der Waals surface area contributed by atoms with E-state index >= 15 is 0 Å². The van der Waals surface area contributed by atoms with Crippen molar-refractivity contribution in [2.75, 3.05) is 0 Å². The van der Waals surface area contributed by atoms with Crippen molar-refractivity contribution in [2.45, 2.75) is 38.7 Å². The monoisotopic (exact) mass is 285 g/mol. The van der Waals surface area contributed by atoms with Gasteiger partial charge in [-0.3, -0.25) is 4.79 Å². The van der Waals surface area contributed by atoms with Crippen LogP contribution in [0.2, 0.25) is 0 Å². The molecule has 4 nitrogen and oxygen atoms in total. The zero-order valence-electron chi connectivity index (χ0n) is 11.1. The lowest BCUT2D eigenvalue weighted by molar-refractivity contribution is -0.142. The first kappa shape index (κ1) is 16.1. The lowest BCUT2D eigenvalue weighted by Crippen LogP contribution is -2.42. The van der Waals surface area contributed by atoms with Gasteiger partial charge in [0, 0.05) is 6.42 Å². The first-order chi connectivity index (χ1) is 9.42. The summed E-state index contributed by atoms with van der Waals surface area (Å²) < 4.78 is 24.4. The van der Waals surface area contributed by atoms with Gasteiger partial charge in [-0.1, -0.05) is 31.2 Å². The Morgan fingerprint density at radius 2 is 1.75 bits per heavy atom. The van der Waals surface area contributed by atoms with Crippen LogP contribution >= 0.6 is 0 Å². The summed E-state index contributed by atoms with van der Waals surface area (Å²) in [4.78, 5) is 22.4. The standard InChI is InChI=1S/C14H17F2NO3/c1-2-9-3-5-10(6-4-9)7-13(18)17-11(14(19)20)8-12(15)16/h3-6,11-12H,2,7-8H2,1H3,(H,17,18)(H,19,20). The Hall–Kier alpha value is -1.98. The highest BCUT2D eigenvalue weighted by Crippen LogP contribution is 2.07. The van der Waals surface area contributed by atoms with Gasteiger partial charge in [-0.25, -0.2) is 13.6 Å². The molecule has 20 heavy (non-hydrogen) atoms. The van der Waals surface area contributed by atoms with Gasteiger partial charge < -0.3 is 10.4 Å². The van der Waals surface area contributed by atoms with E-state index in [2.05, 4.69) is 5.32 Å². The average molecular weight is 285 g/mol. The van der Waals surface area contributed by atoms with Crippen LogP contribution in [0.4, 0.5) is 8.78 Å². The van der Waals surface area contributed by atoms with Crippen molar-refractivity contribution < 1.29 is 23.5 Å². The first-order valence-corrected chi connectivity index (χ1v) is 6.30. The molecule has 0 aliphatic carbocycles.